The van der Waals surface area contributed by atoms with Crippen LogP contribution in [0.15, 0.2) is 152 Å². The van der Waals surface area contributed by atoms with Gasteiger partial charge in [-0.15, -0.1) is 0 Å². The van der Waals surface area contributed by atoms with E-state index in [0.29, 0.717) is 6.61 Å². The summed E-state index contributed by atoms with van der Waals surface area (Å²) in [6.07, 6.45) is -2.16. The first-order valence-corrected chi connectivity index (χ1v) is 23.9. The summed E-state index contributed by atoms with van der Waals surface area (Å²) in [5.74, 6) is 0. The molecule has 2 unspecified atom stereocenters. The largest absolute Gasteiger partial charge is 0.405 e. The fourth-order valence-corrected chi connectivity index (χ4v) is 16.9. The van der Waals surface area contributed by atoms with E-state index in [-0.39, 0.29) is 49.7 Å². The Hall–Kier alpha value is -3.75. The van der Waals surface area contributed by atoms with Crippen LogP contribution in [-0.4, -0.2) is 84.8 Å². The van der Waals surface area contributed by atoms with Gasteiger partial charge < -0.3 is 33.3 Å². The van der Waals surface area contributed by atoms with E-state index in [1.807, 2.05) is 54.6 Å². The molecule has 57 heavy (non-hydrogen) atoms. The Bertz CT molecular complexity index is 1660. The number of benzene rings is 5. The van der Waals surface area contributed by atoms with Crippen LogP contribution in [-0.2, 0) is 29.7 Å². The maximum atomic E-state index is 11.2. The fourth-order valence-electron chi connectivity index (χ4n) is 7.67. The summed E-state index contributed by atoms with van der Waals surface area (Å²) in [5.41, 5.74) is 1.03. The predicted octanol–water partition coefficient (Wildman–Crippen LogP) is 6.48. The van der Waals surface area contributed by atoms with Gasteiger partial charge in [0, 0.05) is 0 Å². The third kappa shape index (κ3) is 11.5. The highest BCUT2D eigenvalue weighted by Crippen LogP contribution is 2.38. The minimum Gasteiger partial charge on any atom is -0.405 e. The lowest BCUT2D eigenvalue weighted by Gasteiger charge is -2.43. The van der Waals surface area contributed by atoms with Gasteiger partial charge in [0.1, 0.15) is 6.10 Å². The molecule has 0 saturated heterocycles. The molecule has 0 aromatic heterocycles. The molecule has 9 heteroatoms. The van der Waals surface area contributed by atoms with Crippen molar-refractivity contribution < 1.29 is 33.3 Å². The number of aliphatic hydroxyl groups is 2. The van der Waals surface area contributed by atoms with Crippen molar-refractivity contribution in [1.82, 2.24) is 0 Å². The molecule has 5 aromatic rings. The maximum Gasteiger partial charge on any atom is 0.261 e. The van der Waals surface area contributed by atoms with E-state index in [2.05, 4.69) is 139 Å². The predicted molar refractivity (Wildman–Crippen MR) is 236 cm³/mol. The monoisotopic (exact) mass is 806 g/mol. The van der Waals surface area contributed by atoms with Crippen molar-refractivity contribution in [3.63, 3.8) is 0 Å². The Kier molecular flexibility index (Phi) is 16.2. The van der Waals surface area contributed by atoms with Gasteiger partial charge in [0.25, 0.3) is 16.6 Å². The summed E-state index contributed by atoms with van der Waals surface area (Å²) >= 11 is 0. The van der Waals surface area contributed by atoms with Gasteiger partial charge in [-0.2, -0.15) is 0 Å². The number of hydrogen-bond acceptors (Lipinski definition) is 7. The molecule has 0 saturated carbocycles. The zero-order valence-corrected chi connectivity index (χ0v) is 36.6. The molecule has 2 atom stereocenters. The van der Waals surface area contributed by atoms with Gasteiger partial charge >= 0.3 is 0 Å². The lowest BCUT2D eigenvalue weighted by Crippen LogP contribution is -2.67. The standard InChI is InChI=1S/C48H62O7Si2/c1-47(2,3)56(43-24-14-8-15-25-43,44-26-16-9-17-27-44)54-35-40(49)33-51-37-42(53-32-39-22-12-7-13-23-39)38-52-34-41(50)36-55-57(48(4,5)6,45-28-18-10-19-29-45)46-30-20-11-21-31-46/h7-31,40-42,49-50H,32-38H2,1-6H3. The second-order valence-corrected chi connectivity index (χ2v) is 25.4. The third-order valence-electron chi connectivity index (χ3n) is 10.4. The van der Waals surface area contributed by atoms with E-state index in [4.69, 9.17) is 23.1 Å². The van der Waals surface area contributed by atoms with Crippen molar-refractivity contribution in [2.24, 2.45) is 0 Å². The van der Waals surface area contributed by atoms with Crippen molar-refractivity contribution in [3.05, 3.63) is 157 Å². The summed E-state index contributed by atoms with van der Waals surface area (Å²) in [4.78, 5) is 0. The SMILES string of the molecule is CC(C)(C)[Si](OCC(O)COCC(COCC(O)CO[Si](c1ccccc1)(c1ccccc1)C(C)(C)C)OCc1ccccc1)(c1ccccc1)c1ccccc1. The van der Waals surface area contributed by atoms with E-state index in [1.54, 1.807) is 0 Å². The topological polar surface area (TPSA) is 86.6 Å². The molecule has 5 rings (SSSR count). The van der Waals surface area contributed by atoms with Crippen LogP contribution >= 0.6 is 0 Å². The molecule has 0 aliphatic heterocycles. The zero-order chi connectivity index (χ0) is 40.8. The van der Waals surface area contributed by atoms with Gasteiger partial charge in [0.05, 0.1) is 58.5 Å². The highest BCUT2D eigenvalue weighted by atomic mass is 28.4. The molecular weight excluding hydrogens is 745 g/mol. The van der Waals surface area contributed by atoms with Crippen molar-refractivity contribution >= 4 is 37.4 Å². The summed E-state index contributed by atoms with van der Waals surface area (Å²) in [6.45, 7) is 14.4. The number of rotatable bonds is 21. The van der Waals surface area contributed by atoms with Gasteiger partial charge in [0.15, 0.2) is 0 Å². The minimum absolute atomic E-state index is 0.0678. The molecule has 0 aliphatic carbocycles. The van der Waals surface area contributed by atoms with E-state index in [1.165, 1.54) is 0 Å². The lowest BCUT2D eigenvalue weighted by atomic mass is 10.2. The molecule has 7 nitrogen and oxygen atoms in total. The minimum atomic E-state index is -2.81. The Morgan fingerprint density at radius 1 is 0.421 bits per heavy atom. The van der Waals surface area contributed by atoms with Crippen LogP contribution in [0.1, 0.15) is 47.1 Å². The van der Waals surface area contributed by atoms with Crippen molar-refractivity contribution in [2.75, 3.05) is 39.6 Å². The molecule has 5 aromatic carbocycles. The fraction of sp³-hybridized carbons (Fsp3) is 0.375. The molecule has 0 radical (unpaired) electrons. The molecule has 304 valence electrons. The first-order valence-electron chi connectivity index (χ1n) is 20.0. The van der Waals surface area contributed by atoms with Gasteiger partial charge in [-0.25, -0.2) is 0 Å². The van der Waals surface area contributed by atoms with Gasteiger partial charge in [-0.1, -0.05) is 193 Å². The highest BCUT2D eigenvalue weighted by Gasteiger charge is 2.51. The van der Waals surface area contributed by atoms with Crippen molar-refractivity contribution in [3.8, 4) is 0 Å². The Balaban J connectivity index is 1.21. The second-order valence-electron chi connectivity index (χ2n) is 16.7. The number of ether oxygens (including phenoxy) is 3. The zero-order valence-electron chi connectivity index (χ0n) is 34.6. The second kappa shape index (κ2) is 20.8. The third-order valence-corrected chi connectivity index (χ3v) is 20.4. The van der Waals surface area contributed by atoms with Crippen LogP contribution in [0.2, 0.25) is 10.1 Å². The molecule has 0 spiro atoms. The first-order chi connectivity index (χ1) is 27.4. The van der Waals surface area contributed by atoms with E-state index >= 15 is 0 Å². The average Bonchev–Trinajstić information content (AvgIpc) is 3.21. The Morgan fingerprint density at radius 3 is 1.02 bits per heavy atom. The highest BCUT2D eigenvalue weighted by molar-refractivity contribution is 7.00. The van der Waals surface area contributed by atoms with Crippen LogP contribution in [0, 0.1) is 0 Å². The van der Waals surface area contributed by atoms with Crippen LogP contribution in [0.25, 0.3) is 0 Å². The smallest absolute Gasteiger partial charge is 0.261 e. The van der Waals surface area contributed by atoms with Crippen LogP contribution in [0.5, 0.6) is 0 Å². The number of hydrogen-bond donors (Lipinski definition) is 2. The van der Waals surface area contributed by atoms with Crippen LogP contribution < -0.4 is 20.7 Å². The molecule has 0 aliphatic rings. The van der Waals surface area contributed by atoms with E-state index < -0.39 is 34.9 Å². The quantitative estimate of drug-likeness (QED) is 0.0822. The Labute approximate surface area is 342 Å². The molecular formula is C48H62O7Si2. The summed E-state index contributed by atoms with van der Waals surface area (Å²) < 4.78 is 32.3. The van der Waals surface area contributed by atoms with Crippen LogP contribution in [0.4, 0.5) is 0 Å². The van der Waals surface area contributed by atoms with Gasteiger partial charge in [-0.3, -0.25) is 0 Å². The molecule has 2 N–H and O–H groups in total. The van der Waals surface area contributed by atoms with E-state index in [0.717, 1.165) is 26.3 Å². The molecule has 0 bridgehead atoms. The van der Waals surface area contributed by atoms with E-state index in [9.17, 15) is 10.2 Å². The molecule has 0 heterocycles. The molecule has 0 amide bonds. The van der Waals surface area contributed by atoms with Gasteiger partial charge in [0.2, 0.25) is 0 Å². The summed E-state index contributed by atoms with van der Waals surface area (Å²) in [7, 11) is -5.62. The van der Waals surface area contributed by atoms with Crippen molar-refractivity contribution in [2.45, 2.75) is 76.5 Å². The Morgan fingerprint density at radius 2 is 0.719 bits per heavy atom. The van der Waals surface area contributed by atoms with Gasteiger partial charge in [-0.05, 0) is 36.4 Å². The first kappa shape index (κ1) is 44.4. The summed E-state index contributed by atoms with van der Waals surface area (Å²) in [5, 5.41) is 26.7. The van der Waals surface area contributed by atoms with Crippen LogP contribution in [0.3, 0.4) is 0 Å². The maximum absolute atomic E-state index is 11.2. The molecule has 0 fully saturated rings. The number of aliphatic hydroxyl groups excluding tert-OH is 2. The normalized spacial score (nSPS) is 14.2. The lowest BCUT2D eigenvalue weighted by molar-refractivity contribution is -0.0912. The average molecular weight is 807 g/mol. The summed E-state index contributed by atoms with van der Waals surface area (Å²) in [6, 6.07) is 51.5. The van der Waals surface area contributed by atoms with Crippen molar-refractivity contribution in [1.29, 1.82) is 0 Å².